The molecule has 0 bridgehead atoms. The van der Waals surface area contributed by atoms with E-state index in [0.717, 1.165) is 12.0 Å². The van der Waals surface area contributed by atoms with Crippen molar-refractivity contribution in [1.82, 2.24) is 9.97 Å². The van der Waals surface area contributed by atoms with Gasteiger partial charge in [-0.2, -0.15) is 0 Å². The molecule has 104 valence electrons. The SMILES string of the molecule is O=C(c1ccc2[nH]c(=O)oc2c1)N1CCc2cccnc21. The maximum absolute atomic E-state index is 12.6. The molecular formula is C15H11N3O3. The Labute approximate surface area is 119 Å². The number of fused-ring (bicyclic) bond motifs is 2. The van der Waals surface area contributed by atoms with Crippen molar-refractivity contribution in [2.75, 3.05) is 11.4 Å². The number of carbonyl (C=O) groups is 1. The maximum atomic E-state index is 12.6. The van der Waals surface area contributed by atoms with Crippen LogP contribution in [0.25, 0.3) is 11.1 Å². The number of nitrogens with one attached hydrogen (secondary N) is 1. The van der Waals surface area contributed by atoms with Crippen molar-refractivity contribution in [3.63, 3.8) is 0 Å². The normalized spacial score (nSPS) is 13.6. The Bertz CT molecular complexity index is 910. The van der Waals surface area contributed by atoms with Crippen LogP contribution >= 0.6 is 0 Å². The second-order valence-corrected chi connectivity index (χ2v) is 4.92. The lowest BCUT2D eigenvalue weighted by Gasteiger charge is -2.15. The minimum absolute atomic E-state index is 0.141. The number of rotatable bonds is 1. The summed E-state index contributed by atoms with van der Waals surface area (Å²) in [6.07, 6.45) is 2.48. The van der Waals surface area contributed by atoms with Gasteiger partial charge < -0.3 is 4.42 Å². The summed E-state index contributed by atoms with van der Waals surface area (Å²) in [4.78, 5) is 32.3. The van der Waals surface area contributed by atoms with Gasteiger partial charge in [0.05, 0.1) is 5.52 Å². The van der Waals surface area contributed by atoms with Crippen molar-refractivity contribution in [2.45, 2.75) is 6.42 Å². The molecule has 1 N–H and O–H groups in total. The minimum atomic E-state index is -0.525. The molecular weight excluding hydrogens is 270 g/mol. The predicted octanol–water partition coefficient (Wildman–Crippen LogP) is 1.72. The number of hydrogen-bond acceptors (Lipinski definition) is 4. The van der Waals surface area contributed by atoms with Crippen molar-refractivity contribution >= 4 is 22.8 Å². The van der Waals surface area contributed by atoms with Gasteiger partial charge in [-0.05, 0) is 36.2 Å². The molecule has 0 atom stereocenters. The number of nitrogens with zero attached hydrogens (tertiary/aromatic N) is 2. The van der Waals surface area contributed by atoms with Crippen LogP contribution in [0, 0.1) is 0 Å². The van der Waals surface area contributed by atoms with Crippen LogP contribution in [-0.2, 0) is 6.42 Å². The van der Waals surface area contributed by atoms with E-state index in [4.69, 9.17) is 4.42 Å². The van der Waals surface area contributed by atoms with Gasteiger partial charge in [-0.25, -0.2) is 9.78 Å². The number of amides is 1. The van der Waals surface area contributed by atoms with Gasteiger partial charge in [0.15, 0.2) is 5.58 Å². The van der Waals surface area contributed by atoms with Crippen molar-refractivity contribution < 1.29 is 9.21 Å². The van der Waals surface area contributed by atoms with Crippen LogP contribution in [0.4, 0.5) is 5.82 Å². The van der Waals surface area contributed by atoms with Crippen LogP contribution < -0.4 is 10.7 Å². The van der Waals surface area contributed by atoms with Crippen LogP contribution in [0.2, 0.25) is 0 Å². The first-order chi connectivity index (χ1) is 10.2. The van der Waals surface area contributed by atoms with E-state index in [0.29, 0.717) is 29.0 Å². The summed E-state index contributed by atoms with van der Waals surface area (Å²) < 4.78 is 4.99. The zero-order chi connectivity index (χ0) is 14.4. The van der Waals surface area contributed by atoms with Gasteiger partial charge in [-0.1, -0.05) is 6.07 Å². The van der Waals surface area contributed by atoms with E-state index in [1.807, 2.05) is 12.1 Å². The Kier molecular flexibility index (Phi) is 2.44. The third kappa shape index (κ3) is 1.84. The highest BCUT2D eigenvalue weighted by atomic mass is 16.4. The standard InChI is InChI=1S/C15H11N3O3/c19-14(18-7-5-9-2-1-6-16-13(9)18)10-3-4-11-12(8-10)21-15(20)17-11/h1-4,6,8H,5,7H2,(H,17,20). The lowest BCUT2D eigenvalue weighted by molar-refractivity contribution is 0.0988. The average molecular weight is 281 g/mol. The Morgan fingerprint density at radius 3 is 3.14 bits per heavy atom. The highest BCUT2D eigenvalue weighted by Gasteiger charge is 2.26. The number of carbonyl (C=O) groups excluding carboxylic acids is 1. The molecule has 3 aromatic rings. The van der Waals surface area contributed by atoms with Crippen LogP contribution in [0.1, 0.15) is 15.9 Å². The Morgan fingerprint density at radius 2 is 2.24 bits per heavy atom. The van der Waals surface area contributed by atoms with Crippen LogP contribution in [0.5, 0.6) is 0 Å². The fourth-order valence-electron chi connectivity index (χ4n) is 2.64. The van der Waals surface area contributed by atoms with Crippen molar-refractivity contribution in [3.05, 3.63) is 58.2 Å². The van der Waals surface area contributed by atoms with Crippen LogP contribution in [0.15, 0.2) is 45.7 Å². The number of hydrogen-bond donors (Lipinski definition) is 1. The summed E-state index contributed by atoms with van der Waals surface area (Å²) in [6.45, 7) is 0.611. The van der Waals surface area contributed by atoms with Gasteiger partial charge in [0.25, 0.3) is 5.91 Å². The van der Waals surface area contributed by atoms with Gasteiger partial charge in [-0.3, -0.25) is 14.7 Å². The molecule has 1 aliphatic heterocycles. The summed E-state index contributed by atoms with van der Waals surface area (Å²) in [5.74, 6) is 0.0408. The lowest BCUT2D eigenvalue weighted by atomic mass is 10.2. The van der Waals surface area contributed by atoms with Crippen molar-refractivity contribution in [3.8, 4) is 0 Å². The first kappa shape index (κ1) is 11.9. The summed E-state index contributed by atoms with van der Waals surface area (Å²) in [5, 5.41) is 0. The summed E-state index contributed by atoms with van der Waals surface area (Å²) >= 11 is 0. The molecule has 0 saturated carbocycles. The van der Waals surface area contributed by atoms with Gasteiger partial charge in [-0.15, -0.1) is 0 Å². The smallest absolute Gasteiger partial charge is 0.408 e. The summed E-state index contributed by atoms with van der Waals surface area (Å²) in [6, 6.07) is 8.77. The van der Waals surface area contributed by atoms with E-state index in [1.165, 1.54) is 0 Å². The van der Waals surface area contributed by atoms with Crippen LogP contribution in [-0.4, -0.2) is 22.4 Å². The topological polar surface area (TPSA) is 79.2 Å². The molecule has 0 radical (unpaired) electrons. The first-order valence-electron chi connectivity index (χ1n) is 6.61. The zero-order valence-electron chi connectivity index (χ0n) is 11.0. The molecule has 0 spiro atoms. The highest BCUT2D eigenvalue weighted by Crippen LogP contribution is 2.27. The Balaban J connectivity index is 1.75. The minimum Gasteiger partial charge on any atom is -0.408 e. The number of H-pyrrole nitrogens is 1. The number of oxazole rings is 1. The van der Waals surface area contributed by atoms with E-state index >= 15 is 0 Å². The monoisotopic (exact) mass is 281 g/mol. The van der Waals surface area contributed by atoms with Crippen molar-refractivity contribution in [2.24, 2.45) is 0 Å². The largest absolute Gasteiger partial charge is 0.417 e. The van der Waals surface area contributed by atoms with Gasteiger partial charge >= 0.3 is 5.76 Å². The van der Waals surface area contributed by atoms with Gasteiger partial charge in [0.1, 0.15) is 5.82 Å². The molecule has 0 aliphatic carbocycles. The molecule has 6 heteroatoms. The summed E-state index contributed by atoms with van der Waals surface area (Å²) in [7, 11) is 0. The highest BCUT2D eigenvalue weighted by molar-refractivity contribution is 6.07. The molecule has 2 aromatic heterocycles. The molecule has 0 saturated heterocycles. The molecule has 0 unspecified atom stereocenters. The van der Waals surface area contributed by atoms with E-state index in [9.17, 15) is 9.59 Å². The zero-order valence-corrected chi connectivity index (χ0v) is 11.0. The van der Waals surface area contributed by atoms with Crippen LogP contribution in [0.3, 0.4) is 0 Å². The molecule has 1 aromatic carbocycles. The maximum Gasteiger partial charge on any atom is 0.417 e. The molecule has 1 aliphatic rings. The average Bonchev–Trinajstić information content (AvgIpc) is 3.07. The fraction of sp³-hybridized carbons (Fsp3) is 0.133. The Hall–Kier alpha value is -2.89. The number of benzene rings is 1. The Morgan fingerprint density at radius 1 is 1.33 bits per heavy atom. The third-order valence-electron chi connectivity index (χ3n) is 3.64. The molecule has 4 rings (SSSR count). The molecule has 3 heterocycles. The molecule has 1 amide bonds. The van der Waals surface area contributed by atoms with E-state index < -0.39 is 5.76 Å². The lowest BCUT2D eigenvalue weighted by Crippen LogP contribution is -2.29. The second kappa shape index (κ2) is 4.31. The number of aromatic nitrogens is 2. The van der Waals surface area contributed by atoms with E-state index in [-0.39, 0.29) is 5.91 Å². The third-order valence-corrected chi connectivity index (χ3v) is 3.64. The molecule has 21 heavy (non-hydrogen) atoms. The van der Waals surface area contributed by atoms with Gasteiger partial charge in [0, 0.05) is 18.3 Å². The summed E-state index contributed by atoms with van der Waals surface area (Å²) in [5.41, 5.74) is 2.51. The first-order valence-corrected chi connectivity index (χ1v) is 6.61. The quantitative estimate of drug-likeness (QED) is 0.736. The number of pyridine rings is 1. The fourth-order valence-corrected chi connectivity index (χ4v) is 2.64. The second-order valence-electron chi connectivity index (χ2n) is 4.92. The van der Waals surface area contributed by atoms with E-state index in [1.54, 1.807) is 29.3 Å². The number of anilines is 1. The number of aromatic amines is 1. The molecule has 6 nitrogen and oxygen atoms in total. The molecule has 0 fully saturated rings. The van der Waals surface area contributed by atoms with Gasteiger partial charge in [0.2, 0.25) is 0 Å². The van der Waals surface area contributed by atoms with E-state index in [2.05, 4.69) is 9.97 Å². The van der Waals surface area contributed by atoms with Crippen molar-refractivity contribution in [1.29, 1.82) is 0 Å². The predicted molar refractivity (Wildman–Crippen MR) is 76.5 cm³/mol.